The van der Waals surface area contributed by atoms with E-state index in [1.54, 1.807) is 6.07 Å². The van der Waals surface area contributed by atoms with Gasteiger partial charge in [-0.25, -0.2) is 4.39 Å². The molecule has 0 aliphatic carbocycles. The van der Waals surface area contributed by atoms with Crippen LogP contribution in [0.5, 0.6) is 0 Å². The highest BCUT2D eigenvalue weighted by Gasteiger charge is 2.12. The zero-order chi connectivity index (χ0) is 13.4. The number of hydrogen-bond acceptors (Lipinski definition) is 1. The molecule has 0 saturated carbocycles. The predicted octanol–water partition coefficient (Wildman–Crippen LogP) is 4.31. The molecular formula is C16H18FN. The van der Waals surface area contributed by atoms with Crippen molar-refractivity contribution in [2.45, 2.75) is 27.7 Å². The van der Waals surface area contributed by atoms with Gasteiger partial charge in [-0.3, -0.25) is 0 Å². The minimum atomic E-state index is -0.211. The van der Waals surface area contributed by atoms with E-state index in [1.807, 2.05) is 27.7 Å². The number of halogens is 1. The predicted molar refractivity (Wildman–Crippen MR) is 75.2 cm³/mol. The van der Waals surface area contributed by atoms with Crippen molar-refractivity contribution in [1.29, 1.82) is 0 Å². The molecule has 0 bridgehead atoms. The first kappa shape index (κ1) is 12.6. The van der Waals surface area contributed by atoms with E-state index in [1.165, 1.54) is 11.6 Å². The maximum atomic E-state index is 14.1. The summed E-state index contributed by atoms with van der Waals surface area (Å²) in [7, 11) is 0. The van der Waals surface area contributed by atoms with Crippen molar-refractivity contribution in [2.24, 2.45) is 0 Å². The van der Waals surface area contributed by atoms with E-state index >= 15 is 0 Å². The molecule has 0 heterocycles. The van der Waals surface area contributed by atoms with Gasteiger partial charge >= 0.3 is 0 Å². The van der Waals surface area contributed by atoms with Crippen molar-refractivity contribution in [2.75, 3.05) is 5.73 Å². The average molecular weight is 243 g/mol. The summed E-state index contributed by atoms with van der Waals surface area (Å²) < 4.78 is 14.1. The van der Waals surface area contributed by atoms with E-state index in [-0.39, 0.29) is 5.82 Å². The highest BCUT2D eigenvalue weighted by atomic mass is 19.1. The molecule has 1 nitrogen and oxygen atoms in total. The molecule has 0 fully saturated rings. The van der Waals surface area contributed by atoms with Gasteiger partial charge in [-0.1, -0.05) is 17.7 Å². The Morgan fingerprint density at radius 3 is 1.94 bits per heavy atom. The van der Waals surface area contributed by atoms with Crippen LogP contribution in [0.25, 0.3) is 11.1 Å². The highest BCUT2D eigenvalue weighted by Crippen LogP contribution is 2.32. The fourth-order valence-electron chi connectivity index (χ4n) is 2.49. The quantitative estimate of drug-likeness (QED) is 0.742. The van der Waals surface area contributed by atoms with Crippen LogP contribution < -0.4 is 5.73 Å². The molecule has 0 amide bonds. The fourth-order valence-corrected chi connectivity index (χ4v) is 2.49. The lowest BCUT2D eigenvalue weighted by atomic mass is 9.92. The first-order valence-corrected chi connectivity index (χ1v) is 6.04. The van der Waals surface area contributed by atoms with Gasteiger partial charge in [-0.05, 0) is 62.1 Å². The number of benzene rings is 2. The van der Waals surface area contributed by atoms with E-state index in [9.17, 15) is 4.39 Å². The molecule has 0 aliphatic heterocycles. The zero-order valence-electron chi connectivity index (χ0n) is 11.3. The Kier molecular flexibility index (Phi) is 3.12. The van der Waals surface area contributed by atoms with Gasteiger partial charge in [-0.15, -0.1) is 0 Å². The van der Waals surface area contributed by atoms with Crippen LogP contribution in [0.15, 0.2) is 24.3 Å². The highest BCUT2D eigenvalue weighted by molar-refractivity contribution is 5.75. The van der Waals surface area contributed by atoms with Crippen LogP contribution >= 0.6 is 0 Å². The van der Waals surface area contributed by atoms with Crippen molar-refractivity contribution in [3.8, 4) is 11.1 Å². The second-order valence-corrected chi connectivity index (χ2v) is 4.96. The average Bonchev–Trinajstić information content (AvgIpc) is 2.24. The van der Waals surface area contributed by atoms with Gasteiger partial charge in [-0.2, -0.15) is 0 Å². The van der Waals surface area contributed by atoms with Crippen LogP contribution in [-0.2, 0) is 0 Å². The summed E-state index contributed by atoms with van der Waals surface area (Å²) in [5.74, 6) is -0.211. The molecule has 2 aromatic carbocycles. The molecule has 0 unspecified atom stereocenters. The third kappa shape index (κ3) is 2.10. The number of nitrogens with two attached hydrogens (primary N) is 1. The van der Waals surface area contributed by atoms with Crippen LogP contribution in [0.3, 0.4) is 0 Å². The summed E-state index contributed by atoms with van der Waals surface area (Å²) in [6.07, 6.45) is 0. The van der Waals surface area contributed by atoms with Gasteiger partial charge in [0, 0.05) is 11.3 Å². The Balaban J connectivity index is 2.73. The van der Waals surface area contributed by atoms with Crippen molar-refractivity contribution < 1.29 is 4.39 Å². The van der Waals surface area contributed by atoms with Crippen LogP contribution in [0, 0.1) is 33.5 Å². The summed E-state index contributed by atoms with van der Waals surface area (Å²) in [5, 5.41) is 0. The molecule has 0 radical (unpaired) electrons. The Morgan fingerprint density at radius 2 is 1.39 bits per heavy atom. The van der Waals surface area contributed by atoms with Gasteiger partial charge in [0.15, 0.2) is 0 Å². The Hall–Kier alpha value is -1.83. The molecular weight excluding hydrogens is 225 g/mol. The molecule has 0 spiro atoms. The van der Waals surface area contributed by atoms with Crippen LogP contribution in [0.1, 0.15) is 22.3 Å². The topological polar surface area (TPSA) is 26.0 Å². The largest absolute Gasteiger partial charge is 0.398 e. The summed E-state index contributed by atoms with van der Waals surface area (Å²) in [6.45, 7) is 7.87. The van der Waals surface area contributed by atoms with E-state index in [0.29, 0.717) is 11.3 Å². The Labute approximate surface area is 107 Å². The lowest BCUT2D eigenvalue weighted by molar-refractivity contribution is 0.630. The minimum absolute atomic E-state index is 0.211. The molecule has 0 aromatic heterocycles. The summed E-state index contributed by atoms with van der Waals surface area (Å²) in [5.41, 5.74) is 12.2. The molecule has 2 heteroatoms. The summed E-state index contributed by atoms with van der Waals surface area (Å²) >= 11 is 0. The number of rotatable bonds is 1. The fraction of sp³-hybridized carbons (Fsp3) is 0.250. The maximum absolute atomic E-state index is 14.1. The van der Waals surface area contributed by atoms with Gasteiger partial charge in [0.2, 0.25) is 0 Å². The van der Waals surface area contributed by atoms with Crippen LogP contribution in [-0.4, -0.2) is 0 Å². The zero-order valence-corrected chi connectivity index (χ0v) is 11.3. The van der Waals surface area contributed by atoms with Gasteiger partial charge < -0.3 is 5.73 Å². The van der Waals surface area contributed by atoms with Crippen molar-refractivity contribution in [3.05, 3.63) is 52.3 Å². The Morgan fingerprint density at radius 1 is 0.833 bits per heavy atom. The molecule has 0 saturated heterocycles. The maximum Gasteiger partial charge on any atom is 0.131 e. The molecule has 0 aliphatic rings. The van der Waals surface area contributed by atoms with Crippen molar-refractivity contribution in [1.82, 2.24) is 0 Å². The third-order valence-electron chi connectivity index (χ3n) is 3.30. The molecule has 2 N–H and O–H groups in total. The summed E-state index contributed by atoms with van der Waals surface area (Å²) in [4.78, 5) is 0. The van der Waals surface area contributed by atoms with Gasteiger partial charge in [0.05, 0.1) is 0 Å². The lowest BCUT2D eigenvalue weighted by Crippen LogP contribution is -1.97. The SMILES string of the molecule is Cc1cc(C)c(-c2cc(N)c(C)cc2F)c(C)c1. The smallest absolute Gasteiger partial charge is 0.131 e. The second-order valence-electron chi connectivity index (χ2n) is 4.96. The third-order valence-corrected chi connectivity index (χ3v) is 3.30. The first-order valence-electron chi connectivity index (χ1n) is 6.04. The van der Waals surface area contributed by atoms with E-state index in [0.717, 1.165) is 22.3 Å². The minimum Gasteiger partial charge on any atom is -0.398 e. The normalized spacial score (nSPS) is 10.7. The number of nitrogen functional groups attached to an aromatic ring is 1. The van der Waals surface area contributed by atoms with Crippen molar-refractivity contribution >= 4 is 5.69 Å². The van der Waals surface area contributed by atoms with Crippen LogP contribution in [0.2, 0.25) is 0 Å². The van der Waals surface area contributed by atoms with E-state index in [4.69, 9.17) is 5.73 Å². The molecule has 0 atom stereocenters. The monoisotopic (exact) mass is 243 g/mol. The van der Waals surface area contributed by atoms with Crippen LogP contribution in [0.4, 0.5) is 10.1 Å². The standard InChI is InChI=1S/C16H18FN/c1-9-5-11(3)16(12(4)6-9)13-8-15(18)10(2)7-14(13)17/h5-8H,18H2,1-4H3. The van der Waals surface area contributed by atoms with Gasteiger partial charge in [0.25, 0.3) is 0 Å². The molecule has 2 aromatic rings. The number of anilines is 1. The van der Waals surface area contributed by atoms with Crippen molar-refractivity contribution in [3.63, 3.8) is 0 Å². The second kappa shape index (κ2) is 4.45. The van der Waals surface area contributed by atoms with Gasteiger partial charge in [0.1, 0.15) is 5.82 Å². The lowest BCUT2D eigenvalue weighted by Gasteiger charge is -2.14. The van der Waals surface area contributed by atoms with E-state index in [2.05, 4.69) is 12.1 Å². The Bertz CT molecular complexity index is 592. The number of aryl methyl sites for hydroxylation is 4. The first-order chi connectivity index (χ1) is 8.40. The summed E-state index contributed by atoms with van der Waals surface area (Å²) in [6, 6.07) is 7.37. The molecule has 94 valence electrons. The number of hydrogen-bond donors (Lipinski definition) is 1. The van der Waals surface area contributed by atoms with E-state index < -0.39 is 0 Å². The molecule has 18 heavy (non-hydrogen) atoms. The molecule has 2 rings (SSSR count).